The van der Waals surface area contributed by atoms with Crippen molar-refractivity contribution in [1.82, 2.24) is 10.2 Å². The molecule has 1 spiro atoms. The fraction of sp³-hybridized carbons (Fsp3) is 0.933. The highest BCUT2D eigenvalue weighted by atomic mass is 16.2. The molecule has 2 fully saturated rings. The van der Waals surface area contributed by atoms with Gasteiger partial charge < -0.3 is 10.2 Å². The molecule has 1 N–H and O–H groups in total. The highest BCUT2D eigenvalue weighted by Gasteiger charge is 2.37. The number of carbonyl (C=O) groups is 1. The maximum Gasteiger partial charge on any atom is 0.222 e. The molecule has 18 heavy (non-hydrogen) atoms. The summed E-state index contributed by atoms with van der Waals surface area (Å²) in [5.41, 5.74) is 0.523. The van der Waals surface area contributed by atoms with Crippen LogP contribution < -0.4 is 5.32 Å². The second-order valence-electron chi connectivity index (χ2n) is 6.59. The van der Waals surface area contributed by atoms with Crippen LogP contribution in [-0.4, -0.2) is 37.0 Å². The van der Waals surface area contributed by atoms with E-state index in [9.17, 15) is 4.79 Å². The van der Waals surface area contributed by atoms with Gasteiger partial charge in [0.2, 0.25) is 5.91 Å². The van der Waals surface area contributed by atoms with Gasteiger partial charge in [0.15, 0.2) is 0 Å². The molecule has 104 valence electrons. The Morgan fingerprint density at radius 3 is 2.56 bits per heavy atom. The molecular weight excluding hydrogens is 224 g/mol. The van der Waals surface area contributed by atoms with E-state index in [1.54, 1.807) is 0 Å². The van der Waals surface area contributed by atoms with Crippen LogP contribution in [-0.2, 0) is 4.79 Å². The van der Waals surface area contributed by atoms with Gasteiger partial charge in [0.25, 0.3) is 0 Å². The average molecular weight is 252 g/mol. The number of carbonyl (C=O) groups excluding carboxylic acids is 1. The summed E-state index contributed by atoms with van der Waals surface area (Å²) in [5, 5.41) is 3.47. The number of amides is 1. The summed E-state index contributed by atoms with van der Waals surface area (Å²) in [6.07, 6.45) is 6.70. The fourth-order valence-electron chi connectivity index (χ4n) is 3.27. The van der Waals surface area contributed by atoms with Crippen molar-refractivity contribution in [3.63, 3.8) is 0 Å². The molecule has 3 nitrogen and oxygen atoms in total. The van der Waals surface area contributed by atoms with Crippen LogP contribution in [0.2, 0.25) is 0 Å². The van der Waals surface area contributed by atoms with Crippen molar-refractivity contribution in [3.05, 3.63) is 0 Å². The van der Waals surface area contributed by atoms with Crippen LogP contribution in [0, 0.1) is 11.3 Å². The lowest BCUT2D eigenvalue weighted by Crippen LogP contribution is -2.43. The van der Waals surface area contributed by atoms with Gasteiger partial charge in [-0.3, -0.25) is 4.79 Å². The van der Waals surface area contributed by atoms with E-state index in [1.165, 1.54) is 38.8 Å². The highest BCUT2D eigenvalue weighted by Crippen LogP contribution is 2.37. The van der Waals surface area contributed by atoms with Crippen LogP contribution in [0.1, 0.15) is 52.4 Å². The van der Waals surface area contributed by atoms with E-state index in [0.717, 1.165) is 25.9 Å². The quantitative estimate of drug-likeness (QED) is 0.833. The molecule has 0 unspecified atom stereocenters. The lowest BCUT2D eigenvalue weighted by atomic mass is 9.78. The molecule has 0 radical (unpaired) electrons. The van der Waals surface area contributed by atoms with Crippen molar-refractivity contribution >= 4 is 5.91 Å². The Morgan fingerprint density at radius 2 is 2.00 bits per heavy atom. The zero-order valence-corrected chi connectivity index (χ0v) is 12.0. The monoisotopic (exact) mass is 252 g/mol. The summed E-state index contributed by atoms with van der Waals surface area (Å²) in [6.45, 7) is 8.76. The van der Waals surface area contributed by atoms with Gasteiger partial charge in [-0.1, -0.05) is 20.3 Å². The minimum Gasteiger partial charge on any atom is -0.343 e. The third-order valence-corrected chi connectivity index (χ3v) is 4.68. The molecule has 0 aromatic heterocycles. The largest absolute Gasteiger partial charge is 0.343 e. The molecule has 2 heterocycles. The number of piperidine rings is 1. The third-order valence-electron chi connectivity index (χ3n) is 4.68. The van der Waals surface area contributed by atoms with Gasteiger partial charge in [-0.15, -0.1) is 0 Å². The molecule has 0 aromatic rings. The van der Waals surface area contributed by atoms with E-state index in [2.05, 4.69) is 24.1 Å². The molecule has 3 heteroatoms. The van der Waals surface area contributed by atoms with Crippen LogP contribution in [0.25, 0.3) is 0 Å². The summed E-state index contributed by atoms with van der Waals surface area (Å²) >= 11 is 0. The van der Waals surface area contributed by atoms with Crippen molar-refractivity contribution in [3.8, 4) is 0 Å². The van der Waals surface area contributed by atoms with Crippen molar-refractivity contribution in [2.45, 2.75) is 52.4 Å². The van der Waals surface area contributed by atoms with E-state index < -0.39 is 0 Å². The van der Waals surface area contributed by atoms with Gasteiger partial charge in [-0.25, -0.2) is 0 Å². The van der Waals surface area contributed by atoms with Gasteiger partial charge in [0.1, 0.15) is 0 Å². The summed E-state index contributed by atoms with van der Waals surface area (Å²) in [6, 6.07) is 0. The van der Waals surface area contributed by atoms with Crippen LogP contribution in [0.3, 0.4) is 0 Å². The SMILES string of the molecule is CC(C)CCCC(=O)N1CCC2(CCNC2)CC1. The summed E-state index contributed by atoms with van der Waals surface area (Å²) in [4.78, 5) is 14.2. The minimum absolute atomic E-state index is 0.386. The number of hydrogen-bond donors (Lipinski definition) is 1. The first kappa shape index (κ1) is 13.9. The average Bonchev–Trinajstić information content (AvgIpc) is 2.78. The lowest BCUT2D eigenvalue weighted by Gasteiger charge is -2.39. The van der Waals surface area contributed by atoms with E-state index in [-0.39, 0.29) is 0 Å². The molecule has 0 saturated carbocycles. The predicted molar refractivity (Wildman–Crippen MR) is 74.4 cm³/mol. The van der Waals surface area contributed by atoms with Crippen LogP contribution >= 0.6 is 0 Å². The van der Waals surface area contributed by atoms with E-state index in [4.69, 9.17) is 0 Å². The van der Waals surface area contributed by atoms with Gasteiger partial charge in [0.05, 0.1) is 0 Å². The number of nitrogens with one attached hydrogen (secondary N) is 1. The number of rotatable bonds is 4. The Hall–Kier alpha value is -0.570. The molecule has 0 bridgehead atoms. The second kappa shape index (κ2) is 6.05. The van der Waals surface area contributed by atoms with Crippen molar-refractivity contribution < 1.29 is 4.79 Å². The first-order valence-electron chi connectivity index (χ1n) is 7.60. The molecule has 0 aromatic carbocycles. The van der Waals surface area contributed by atoms with Gasteiger partial charge in [-0.05, 0) is 43.6 Å². The molecule has 2 rings (SSSR count). The van der Waals surface area contributed by atoms with E-state index >= 15 is 0 Å². The number of likely N-dealkylation sites (tertiary alicyclic amines) is 1. The smallest absolute Gasteiger partial charge is 0.222 e. The molecule has 0 aliphatic carbocycles. The highest BCUT2D eigenvalue weighted by molar-refractivity contribution is 5.76. The van der Waals surface area contributed by atoms with Crippen molar-refractivity contribution in [2.75, 3.05) is 26.2 Å². The Labute approximate surface area is 111 Å². The molecule has 2 aliphatic heterocycles. The van der Waals surface area contributed by atoms with Crippen molar-refractivity contribution in [1.29, 1.82) is 0 Å². The van der Waals surface area contributed by atoms with Gasteiger partial charge in [-0.2, -0.15) is 0 Å². The first-order chi connectivity index (χ1) is 8.61. The lowest BCUT2D eigenvalue weighted by molar-refractivity contribution is -0.133. The summed E-state index contributed by atoms with van der Waals surface area (Å²) in [7, 11) is 0. The minimum atomic E-state index is 0.386. The zero-order valence-electron chi connectivity index (χ0n) is 12.0. The van der Waals surface area contributed by atoms with Crippen LogP contribution in [0.5, 0.6) is 0 Å². The first-order valence-corrected chi connectivity index (χ1v) is 7.60. The molecule has 2 aliphatic rings. The zero-order chi connectivity index (χ0) is 13.0. The second-order valence-corrected chi connectivity index (χ2v) is 6.59. The molecule has 0 atom stereocenters. The van der Waals surface area contributed by atoms with Crippen molar-refractivity contribution in [2.24, 2.45) is 11.3 Å². The molecular formula is C15H28N2O. The Kier molecular flexibility index (Phi) is 4.66. The summed E-state index contributed by atoms with van der Waals surface area (Å²) < 4.78 is 0. The fourth-order valence-corrected chi connectivity index (χ4v) is 3.27. The molecule has 2 saturated heterocycles. The maximum absolute atomic E-state index is 12.1. The van der Waals surface area contributed by atoms with Gasteiger partial charge in [0, 0.05) is 26.1 Å². The Bertz CT molecular complexity index is 272. The molecule has 1 amide bonds. The van der Waals surface area contributed by atoms with Crippen LogP contribution in [0.4, 0.5) is 0 Å². The maximum atomic E-state index is 12.1. The Balaban J connectivity index is 1.70. The third kappa shape index (κ3) is 3.47. The normalized spacial score (nSPS) is 22.9. The predicted octanol–water partition coefficient (Wildman–Crippen LogP) is 2.41. The Morgan fingerprint density at radius 1 is 1.28 bits per heavy atom. The summed E-state index contributed by atoms with van der Waals surface area (Å²) in [5.74, 6) is 1.10. The van der Waals surface area contributed by atoms with E-state index in [0.29, 0.717) is 17.2 Å². The standard InChI is InChI=1S/C15H28N2O/c1-13(2)4-3-5-14(18)17-10-7-15(8-11-17)6-9-16-12-15/h13,16H,3-12H2,1-2H3. The number of nitrogens with zero attached hydrogens (tertiary/aromatic N) is 1. The van der Waals surface area contributed by atoms with Crippen LogP contribution in [0.15, 0.2) is 0 Å². The van der Waals surface area contributed by atoms with E-state index in [1.807, 2.05) is 0 Å². The topological polar surface area (TPSA) is 32.3 Å². The van der Waals surface area contributed by atoms with Gasteiger partial charge >= 0.3 is 0 Å². The number of hydrogen-bond acceptors (Lipinski definition) is 2.